The molecule has 0 bridgehead atoms. The monoisotopic (exact) mass is 264 g/mol. The largest absolute Gasteiger partial charge is 0.481 e. The number of aliphatic carboxylic acids is 1. The van der Waals surface area contributed by atoms with Gasteiger partial charge in [-0.2, -0.15) is 0 Å². The van der Waals surface area contributed by atoms with Gasteiger partial charge in [0.1, 0.15) is 0 Å². The van der Waals surface area contributed by atoms with Gasteiger partial charge in [0.15, 0.2) is 0 Å². The molecule has 1 amide bonds. The van der Waals surface area contributed by atoms with Crippen molar-refractivity contribution in [3.63, 3.8) is 0 Å². The van der Waals surface area contributed by atoms with Crippen molar-refractivity contribution in [1.29, 1.82) is 0 Å². The number of benzene rings is 1. The fourth-order valence-corrected chi connectivity index (χ4v) is 1.65. The van der Waals surface area contributed by atoms with Crippen LogP contribution in [0.1, 0.15) is 22.8 Å². The number of rotatable bonds is 7. The fourth-order valence-electron chi connectivity index (χ4n) is 1.65. The number of amides is 1. The van der Waals surface area contributed by atoms with Crippen LogP contribution in [-0.4, -0.2) is 37.1 Å². The molecule has 1 aromatic carbocycles. The van der Waals surface area contributed by atoms with E-state index in [1.807, 2.05) is 19.2 Å². The van der Waals surface area contributed by atoms with E-state index in [1.54, 1.807) is 19.1 Å². The standard InChI is InChI=1S/C14H20N2O3/c1-10(14(18)19)9-16-13(17)12-6-4-3-5-11(12)7-8-15-2/h3-6,10,15H,7-9H2,1-2H3,(H,16,17)(H,18,19). The lowest BCUT2D eigenvalue weighted by atomic mass is 10.0. The lowest BCUT2D eigenvalue weighted by Crippen LogP contribution is -2.32. The summed E-state index contributed by atoms with van der Waals surface area (Å²) in [5.41, 5.74) is 1.56. The number of carboxylic acid groups (broad SMARTS) is 1. The summed E-state index contributed by atoms with van der Waals surface area (Å²) in [4.78, 5) is 22.7. The van der Waals surface area contributed by atoms with E-state index in [2.05, 4.69) is 10.6 Å². The van der Waals surface area contributed by atoms with Crippen LogP contribution in [-0.2, 0) is 11.2 Å². The molecule has 19 heavy (non-hydrogen) atoms. The number of carboxylic acids is 1. The molecule has 104 valence electrons. The van der Waals surface area contributed by atoms with Gasteiger partial charge >= 0.3 is 5.97 Å². The number of nitrogens with one attached hydrogen (secondary N) is 2. The van der Waals surface area contributed by atoms with Crippen LogP contribution < -0.4 is 10.6 Å². The quantitative estimate of drug-likeness (QED) is 0.683. The Hall–Kier alpha value is -1.88. The smallest absolute Gasteiger partial charge is 0.308 e. The Morgan fingerprint density at radius 2 is 2.00 bits per heavy atom. The van der Waals surface area contributed by atoms with Crippen molar-refractivity contribution in [2.45, 2.75) is 13.3 Å². The third-order valence-corrected chi connectivity index (χ3v) is 2.90. The third-order valence-electron chi connectivity index (χ3n) is 2.90. The lowest BCUT2D eigenvalue weighted by molar-refractivity contribution is -0.140. The van der Waals surface area contributed by atoms with Gasteiger partial charge in [0, 0.05) is 12.1 Å². The molecule has 0 aromatic heterocycles. The number of carbonyl (C=O) groups excluding carboxylic acids is 1. The summed E-state index contributed by atoms with van der Waals surface area (Å²) in [6.07, 6.45) is 0.759. The van der Waals surface area contributed by atoms with Gasteiger partial charge in [0.2, 0.25) is 0 Å². The minimum Gasteiger partial charge on any atom is -0.481 e. The summed E-state index contributed by atoms with van der Waals surface area (Å²) in [7, 11) is 1.86. The Morgan fingerprint density at radius 1 is 1.32 bits per heavy atom. The molecule has 0 aliphatic heterocycles. The normalized spacial score (nSPS) is 11.9. The second kappa shape index (κ2) is 7.53. The fraction of sp³-hybridized carbons (Fsp3) is 0.429. The zero-order chi connectivity index (χ0) is 14.3. The topological polar surface area (TPSA) is 78.4 Å². The minimum absolute atomic E-state index is 0.133. The van der Waals surface area contributed by atoms with E-state index in [0.29, 0.717) is 5.56 Å². The molecule has 0 saturated heterocycles. The lowest BCUT2D eigenvalue weighted by Gasteiger charge is -2.11. The van der Waals surface area contributed by atoms with Gasteiger partial charge in [-0.15, -0.1) is 0 Å². The van der Waals surface area contributed by atoms with Crippen molar-refractivity contribution < 1.29 is 14.7 Å². The van der Waals surface area contributed by atoms with E-state index in [-0.39, 0.29) is 12.5 Å². The third kappa shape index (κ3) is 4.71. The maximum Gasteiger partial charge on any atom is 0.308 e. The molecule has 1 aromatic rings. The van der Waals surface area contributed by atoms with E-state index < -0.39 is 11.9 Å². The first-order valence-corrected chi connectivity index (χ1v) is 6.29. The van der Waals surface area contributed by atoms with Crippen molar-refractivity contribution in [1.82, 2.24) is 10.6 Å². The van der Waals surface area contributed by atoms with E-state index in [9.17, 15) is 9.59 Å². The molecule has 0 heterocycles. The van der Waals surface area contributed by atoms with Crippen LogP contribution in [0.25, 0.3) is 0 Å². The molecule has 5 heteroatoms. The van der Waals surface area contributed by atoms with E-state index in [0.717, 1.165) is 18.5 Å². The molecule has 1 rings (SSSR count). The second-order valence-corrected chi connectivity index (χ2v) is 4.46. The number of likely N-dealkylation sites (N-methyl/N-ethyl adjacent to an activating group) is 1. The van der Waals surface area contributed by atoms with E-state index in [1.165, 1.54) is 0 Å². The van der Waals surface area contributed by atoms with Gasteiger partial charge in [-0.25, -0.2) is 0 Å². The molecule has 1 atom stereocenters. The second-order valence-electron chi connectivity index (χ2n) is 4.46. The van der Waals surface area contributed by atoms with Gasteiger partial charge in [0.05, 0.1) is 5.92 Å². The first kappa shape index (κ1) is 15.2. The molecular formula is C14H20N2O3. The van der Waals surface area contributed by atoms with Crippen molar-refractivity contribution in [2.75, 3.05) is 20.1 Å². The van der Waals surface area contributed by atoms with Crippen LogP contribution in [0.4, 0.5) is 0 Å². The highest BCUT2D eigenvalue weighted by Gasteiger charge is 2.14. The van der Waals surface area contributed by atoms with Gasteiger partial charge in [-0.05, 0) is 31.6 Å². The van der Waals surface area contributed by atoms with Crippen molar-refractivity contribution in [3.05, 3.63) is 35.4 Å². The predicted octanol–water partition coefficient (Wildman–Crippen LogP) is 0.899. The first-order chi connectivity index (χ1) is 9.06. The zero-order valence-corrected chi connectivity index (χ0v) is 11.3. The van der Waals surface area contributed by atoms with Crippen molar-refractivity contribution >= 4 is 11.9 Å². The SMILES string of the molecule is CNCCc1ccccc1C(=O)NCC(C)C(=O)O. The van der Waals surface area contributed by atoms with Crippen molar-refractivity contribution in [3.8, 4) is 0 Å². The summed E-state index contributed by atoms with van der Waals surface area (Å²) in [6.45, 7) is 2.49. The molecule has 0 aliphatic rings. The molecular weight excluding hydrogens is 244 g/mol. The number of hydrogen-bond acceptors (Lipinski definition) is 3. The highest BCUT2D eigenvalue weighted by Crippen LogP contribution is 2.09. The van der Waals surface area contributed by atoms with Gasteiger partial charge in [-0.1, -0.05) is 25.1 Å². The highest BCUT2D eigenvalue weighted by molar-refractivity contribution is 5.95. The summed E-state index contributed by atoms with van der Waals surface area (Å²) < 4.78 is 0. The summed E-state index contributed by atoms with van der Waals surface area (Å²) >= 11 is 0. The van der Waals surface area contributed by atoms with E-state index in [4.69, 9.17) is 5.11 Å². The summed E-state index contributed by atoms with van der Waals surface area (Å²) in [6, 6.07) is 7.36. The predicted molar refractivity (Wildman–Crippen MR) is 73.2 cm³/mol. The van der Waals surface area contributed by atoms with Crippen LogP contribution in [0, 0.1) is 5.92 Å². The van der Waals surface area contributed by atoms with Crippen LogP contribution in [0.15, 0.2) is 24.3 Å². The molecule has 0 fully saturated rings. The Balaban J connectivity index is 2.68. The molecule has 5 nitrogen and oxygen atoms in total. The van der Waals surface area contributed by atoms with Crippen LogP contribution in [0.5, 0.6) is 0 Å². The van der Waals surface area contributed by atoms with Crippen LogP contribution in [0.3, 0.4) is 0 Å². The first-order valence-electron chi connectivity index (χ1n) is 6.29. The maximum absolute atomic E-state index is 12.0. The molecule has 0 saturated carbocycles. The molecule has 0 radical (unpaired) electrons. The molecule has 0 spiro atoms. The van der Waals surface area contributed by atoms with Gasteiger partial charge in [-0.3, -0.25) is 9.59 Å². The number of carbonyl (C=O) groups is 2. The minimum atomic E-state index is -0.913. The van der Waals surface area contributed by atoms with Crippen molar-refractivity contribution in [2.24, 2.45) is 5.92 Å². The Bertz CT molecular complexity index is 446. The van der Waals surface area contributed by atoms with Gasteiger partial charge in [0.25, 0.3) is 5.91 Å². The highest BCUT2D eigenvalue weighted by atomic mass is 16.4. The summed E-state index contributed by atoms with van der Waals surface area (Å²) in [5.74, 6) is -1.73. The maximum atomic E-state index is 12.0. The summed E-state index contributed by atoms with van der Waals surface area (Å²) in [5, 5.41) is 14.5. The zero-order valence-electron chi connectivity index (χ0n) is 11.3. The molecule has 1 unspecified atom stereocenters. The van der Waals surface area contributed by atoms with Crippen LogP contribution in [0.2, 0.25) is 0 Å². The molecule has 0 aliphatic carbocycles. The average molecular weight is 264 g/mol. The Kier molecular flexibility index (Phi) is 6.02. The average Bonchev–Trinajstić information content (AvgIpc) is 2.42. The number of hydrogen-bond donors (Lipinski definition) is 3. The van der Waals surface area contributed by atoms with Gasteiger partial charge < -0.3 is 15.7 Å². The van der Waals surface area contributed by atoms with E-state index >= 15 is 0 Å². The van der Waals surface area contributed by atoms with Crippen LogP contribution >= 0.6 is 0 Å². The Labute approximate surface area is 113 Å². The molecule has 3 N–H and O–H groups in total. The Morgan fingerprint density at radius 3 is 2.63 bits per heavy atom.